The number of anilines is 1. The Labute approximate surface area is 161 Å². The molecule has 0 unspecified atom stereocenters. The molecule has 0 spiro atoms. The van der Waals surface area contributed by atoms with Gasteiger partial charge in [-0.2, -0.15) is 5.21 Å². The molecule has 2 aromatic heterocycles. The first-order chi connectivity index (χ1) is 13.2. The zero-order chi connectivity index (χ0) is 20.3. The number of H-pyrrole nitrogens is 1. The van der Waals surface area contributed by atoms with Gasteiger partial charge in [0.05, 0.1) is 5.56 Å². The van der Waals surface area contributed by atoms with Gasteiger partial charge in [0.15, 0.2) is 11.5 Å². The van der Waals surface area contributed by atoms with E-state index in [9.17, 15) is 14.4 Å². The molecule has 1 saturated heterocycles. The van der Waals surface area contributed by atoms with Gasteiger partial charge in [0.1, 0.15) is 11.3 Å². The number of pyridine rings is 1. The molecule has 0 saturated carbocycles. The van der Waals surface area contributed by atoms with Gasteiger partial charge in [-0.05, 0) is 45.7 Å². The second kappa shape index (κ2) is 7.75. The molecule has 1 aliphatic rings. The molecule has 10 nitrogen and oxygen atoms in total. The van der Waals surface area contributed by atoms with Crippen LogP contribution in [-0.2, 0) is 4.74 Å². The molecular weight excluding hydrogens is 364 g/mol. The van der Waals surface area contributed by atoms with Gasteiger partial charge in [-0.1, -0.05) is 0 Å². The highest BCUT2D eigenvalue weighted by atomic mass is 16.6. The molecule has 2 amide bonds. The Morgan fingerprint density at radius 3 is 2.46 bits per heavy atom. The van der Waals surface area contributed by atoms with Crippen molar-refractivity contribution in [3.8, 4) is 0 Å². The summed E-state index contributed by atoms with van der Waals surface area (Å²) in [7, 11) is 0. The lowest BCUT2D eigenvalue weighted by Gasteiger charge is -2.19. The number of aromatic amines is 1. The van der Waals surface area contributed by atoms with Crippen molar-refractivity contribution in [1.82, 2.24) is 25.3 Å². The van der Waals surface area contributed by atoms with E-state index in [1.807, 2.05) is 0 Å². The smallest absolute Gasteiger partial charge is 0.357 e. The Kier molecular flexibility index (Phi) is 5.39. The fourth-order valence-electron chi connectivity index (χ4n) is 2.70. The molecule has 1 fully saturated rings. The summed E-state index contributed by atoms with van der Waals surface area (Å²) >= 11 is 0. The number of ether oxygens (including phenoxy) is 1. The fourth-order valence-corrected chi connectivity index (χ4v) is 2.70. The highest BCUT2D eigenvalue weighted by Gasteiger charge is 2.26. The third kappa shape index (κ3) is 4.51. The summed E-state index contributed by atoms with van der Waals surface area (Å²) in [6.45, 7) is 6.59. The molecular formula is C18H22N6O4. The van der Waals surface area contributed by atoms with Crippen LogP contribution in [0.25, 0.3) is 0 Å². The molecule has 0 aliphatic carbocycles. The molecule has 2 N–H and O–H groups in total. The minimum Gasteiger partial charge on any atom is -0.455 e. The Bertz CT molecular complexity index is 878. The average molecular weight is 386 g/mol. The van der Waals surface area contributed by atoms with Crippen LogP contribution in [0, 0.1) is 0 Å². The molecule has 0 bridgehead atoms. The number of carbonyl (C=O) groups excluding carboxylic acids is 3. The first-order valence-electron chi connectivity index (χ1n) is 8.95. The van der Waals surface area contributed by atoms with Crippen molar-refractivity contribution in [3.05, 3.63) is 35.3 Å². The lowest BCUT2D eigenvalue weighted by Crippen LogP contribution is -2.29. The van der Waals surface area contributed by atoms with Crippen molar-refractivity contribution < 1.29 is 19.1 Å². The van der Waals surface area contributed by atoms with Gasteiger partial charge >= 0.3 is 5.97 Å². The number of hydrogen-bond donors (Lipinski definition) is 2. The van der Waals surface area contributed by atoms with Crippen LogP contribution in [0.5, 0.6) is 0 Å². The maximum absolute atomic E-state index is 12.5. The van der Waals surface area contributed by atoms with Crippen molar-refractivity contribution in [2.45, 2.75) is 39.2 Å². The van der Waals surface area contributed by atoms with E-state index in [0.717, 1.165) is 12.8 Å². The number of nitrogens with one attached hydrogen (secondary N) is 2. The normalized spacial score (nSPS) is 14.0. The monoisotopic (exact) mass is 386 g/mol. The second-order valence-electron chi connectivity index (χ2n) is 7.41. The molecule has 0 aromatic carbocycles. The van der Waals surface area contributed by atoms with Crippen molar-refractivity contribution in [1.29, 1.82) is 0 Å². The topological polar surface area (TPSA) is 130 Å². The summed E-state index contributed by atoms with van der Waals surface area (Å²) < 4.78 is 5.23. The molecule has 1 aliphatic heterocycles. The van der Waals surface area contributed by atoms with Crippen LogP contribution >= 0.6 is 0 Å². The Hall–Kier alpha value is -3.30. The van der Waals surface area contributed by atoms with Crippen LogP contribution in [0.2, 0.25) is 0 Å². The van der Waals surface area contributed by atoms with Gasteiger partial charge in [0, 0.05) is 19.3 Å². The molecule has 3 heterocycles. The maximum Gasteiger partial charge on any atom is 0.357 e. The Morgan fingerprint density at radius 1 is 1.14 bits per heavy atom. The molecule has 0 radical (unpaired) electrons. The van der Waals surface area contributed by atoms with Crippen LogP contribution in [0.1, 0.15) is 64.9 Å². The van der Waals surface area contributed by atoms with E-state index < -0.39 is 17.5 Å². The van der Waals surface area contributed by atoms with E-state index in [1.54, 1.807) is 25.7 Å². The zero-order valence-corrected chi connectivity index (χ0v) is 16.0. The van der Waals surface area contributed by atoms with Crippen molar-refractivity contribution in [3.63, 3.8) is 0 Å². The largest absolute Gasteiger partial charge is 0.455 e. The van der Waals surface area contributed by atoms with E-state index in [0.29, 0.717) is 13.1 Å². The van der Waals surface area contributed by atoms with Crippen LogP contribution in [0.4, 0.5) is 5.82 Å². The number of likely N-dealkylation sites (tertiary alicyclic amines) is 1. The number of amides is 2. The van der Waals surface area contributed by atoms with E-state index in [-0.39, 0.29) is 28.7 Å². The molecule has 2 aromatic rings. The van der Waals surface area contributed by atoms with Crippen molar-refractivity contribution in [2.75, 3.05) is 18.4 Å². The lowest BCUT2D eigenvalue weighted by atomic mass is 10.2. The average Bonchev–Trinajstić information content (AvgIpc) is 3.32. The molecule has 10 heteroatoms. The van der Waals surface area contributed by atoms with Crippen LogP contribution < -0.4 is 5.32 Å². The van der Waals surface area contributed by atoms with Gasteiger partial charge in [0.2, 0.25) is 0 Å². The first-order valence-corrected chi connectivity index (χ1v) is 8.95. The third-order valence-corrected chi connectivity index (χ3v) is 4.01. The number of aromatic nitrogens is 4. The summed E-state index contributed by atoms with van der Waals surface area (Å²) in [5.74, 6) is -1.32. The highest BCUT2D eigenvalue weighted by molar-refractivity contribution is 6.07. The molecule has 3 rings (SSSR count). The quantitative estimate of drug-likeness (QED) is 0.764. The number of carbonyl (C=O) groups is 3. The summed E-state index contributed by atoms with van der Waals surface area (Å²) in [4.78, 5) is 42.6. The Balaban J connectivity index is 1.68. The predicted molar refractivity (Wildman–Crippen MR) is 98.9 cm³/mol. The van der Waals surface area contributed by atoms with Gasteiger partial charge in [-0.3, -0.25) is 9.59 Å². The second-order valence-corrected chi connectivity index (χ2v) is 7.41. The SMILES string of the molecule is CC(C)(C)OC(=O)c1ccc(C(=O)Nc2n[nH]nc2C(=O)N2CCCC2)cn1. The number of hydrogen-bond acceptors (Lipinski definition) is 7. The van der Waals surface area contributed by atoms with Gasteiger partial charge in [-0.25, -0.2) is 9.78 Å². The predicted octanol–water partition coefficient (Wildman–Crippen LogP) is 1.64. The lowest BCUT2D eigenvalue weighted by molar-refractivity contribution is 0.00625. The van der Waals surface area contributed by atoms with Crippen molar-refractivity contribution >= 4 is 23.6 Å². The number of esters is 1. The van der Waals surface area contributed by atoms with Crippen LogP contribution in [0.3, 0.4) is 0 Å². The van der Waals surface area contributed by atoms with Crippen LogP contribution in [0.15, 0.2) is 18.3 Å². The first kappa shape index (κ1) is 19.5. The van der Waals surface area contributed by atoms with E-state index in [1.165, 1.54) is 18.3 Å². The summed E-state index contributed by atoms with van der Waals surface area (Å²) in [6, 6.07) is 2.85. The minimum absolute atomic E-state index is 0.0538. The molecule has 0 atom stereocenters. The maximum atomic E-state index is 12.5. The van der Waals surface area contributed by atoms with Gasteiger partial charge in [0.25, 0.3) is 11.8 Å². The van der Waals surface area contributed by atoms with E-state index in [2.05, 4.69) is 25.7 Å². The van der Waals surface area contributed by atoms with Crippen molar-refractivity contribution in [2.24, 2.45) is 0 Å². The fraction of sp³-hybridized carbons (Fsp3) is 0.444. The summed E-state index contributed by atoms with van der Waals surface area (Å²) in [5.41, 5.74) is -0.277. The Morgan fingerprint density at radius 2 is 1.86 bits per heavy atom. The van der Waals surface area contributed by atoms with Gasteiger partial charge < -0.3 is 15.0 Å². The third-order valence-electron chi connectivity index (χ3n) is 4.01. The molecule has 28 heavy (non-hydrogen) atoms. The van der Waals surface area contributed by atoms with Crippen LogP contribution in [-0.4, -0.2) is 61.8 Å². The van der Waals surface area contributed by atoms with Gasteiger partial charge in [-0.15, -0.1) is 10.2 Å². The minimum atomic E-state index is -0.639. The van der Waals surface area contributed by atoms with E-state index >= 15 is 0 Å². The number of nitrogens with zero attached hydrogens (tertiary/aromatic N) is 4. The van der Waals surface area contributed by atoms with E-state index in [4.69, 9.17) is 4.74 Å². The molecule has 148 valence electrons. The number of rotatable bonds is 4. The summed E-state index contributed by atoms with van der Waals surface area (Å²) in [5, 5.41) is 12.6. The zero-order valence-electron chi connectivity index (χ0n) is 16.0. The summed E-state index contributed by atoms with van der Waals surface area (Å²) in [6.07, 6.45) is 3.15. The highest BCUT2D eigenvalue weighted by Crippen LogP contribution is 2.17. The standard InChI is InChI=1S/C18H22N6O4/c1-18(2,3)28-17(27)12-7-6-11(10-19-12)15(25)20-14-13(21-23-22-14)16(26)24-8-4-5-9-24/h6-7,10H,4-5,8-9H2,1-3H3,(H2,20,21,22,23,25).